The summed E-state index contributed by atoms with van der Waals surface area (Å²) in [5, 5.41) is 11.2. The molecule has 0 radical (unpaired) electrons. The third kappa shape index (κ3) is 3.33. The first-order valence-electron chi connectivity index (χ1n) is 9.69. The Labute approximate surface area is 182 Å². The second-order valence-corrected chi connectivity index (χ2v) is 7.42. The molecule has 1 amide bonds. The van der Waals surface area contributed by atoms with E-state index in [0.717, 1.165) is 17.0 Å². The van der Waals surface area contributed by atoms with E-state index in [1.54, 1.807) is 32.0 Å². The van der Waals surface area contributed by atoms with Gasteiger partial charge in [-0.25, -0.2) is 8.78 Å². The number of benzene rings is 2. The van der Waals surface area contributed by atoms with Crippen LogP contribution < -0.4 is 9.64 Å². The maximum atomic E-state index is 14.6. The van der Waals surface area contributed by atoms with E-state index in [0.29, 0.717) is 28.5 Å². The van der Waals surface area contributed by atoms with Crippen LogP contribution in [0.5, 0.6) is 5.75 Å². The minimum Gasteiger partial charge on any atom is -0.507 e. The minimum absolute atomic E-state index is 0.136. The number of ketones is 1. The van der Waals surface area contributed by atoms with Gasteiger partial charge in [0.05, 0.1) is 24.6 Å². The summed E-state index contributed by atoms with van der Waals surface area (Å²) in [7, 11) is 1.51. The van der Waals surface area contributed by atoms with E-state index in [9.17, 15) is 23.5 Å². The summed E-state index contributed by atoms with van der Waals surface area (Å²) in [6, 6.07) is 7.79. The molecule has 4 rings (SSSR count). The lowest BCUT2D eigenvalue weighted by Gasteiger charge is -2.24. The van der Waals surface area contributed by atoms with Crippen LogP contribution in [0.1, 0.15) is 28.5 Å². The van der Waals surface area contributed by atoms with Crippen LogP contribution in [-0.2, 0) is 9.59 Å². The first kappa shape index (κ1) is 21.3. The number of hydrogen-bond acceptors (Lipinski definition) is 5. The van der Waals surface area contributed by atoms with Gasteiger partial charge in [0, 0.05) is 11.6 Å². The van der Waals surface area contributed by atoms with Crippen LogP contribution in [-0.4, -0.2) is 23.9 Å². The van der Waals surface area contributed by atoms with E-state index in [4.69, 9.17) is 9.15 Å². The number of methoxy groups -OCH3 is 1. The lowest BCUT2D eigenvalue weighted by molar-refractivity contribution is -0.132. The van der Waals surface area contributed by atoms with E-state index in [1.165, 1.54) is 19.4 Å². The number of anilines is 1. The molecule has 3 aromatic rings. The number of carbonyl (C=O) groups excluding carboxylic acids is 2. The Balaban J connectivity index is 1.96. The lowest BCUT2D eigenvalue weighted by Crippen LogP contribution is -2.30. The molecule has 1 N–H and O–H groups in total. The van der Waals surface area contributed by atoms with Gasteiger partial charge in [0.15, 0.2) is 0 Å². The van der Waals surface area contributed by atoms with Crippen molar-refractivity contribution in [3.8, 4) is 5.75 Å². The smallest absolute Gasteiger partial charge is 0.300 e. The third-order valence-electron chi connectivity index (χ3n) is 5.42. The summed E-state index contributed by atoms with van der Waals surface area (Å²) in [6.45, 7) is 3.49. The summed E-state index contributed by atoms with van der Waals surface area (Å²) >= 11 is 0. The molecule has 1 atom stereocenters. The van der Waals surface area contributed by atoms with Gasteiger partial charge in [-0.15, -0.1) is 0 Å². The number of rotatable bonds is 4. The van der Waals surface area contributed by atoms with Crippen molar-refractivity contribution >= 4 is 23.1 Å². The standard InChI is InChI=1S/C24H19F2NO5/c1-12-10-19(31-3)13(2)9-15(12)22(28)20-21(18-5-4-8-32-18)27(24(30)23(20)29)17-7-6-14(25)11-16(17)26/h4-11,21,28H,1-3H3/b22-20-. The molecular formula is C24H19F2NO5. The Kier molecular flexibility index (Phi) is 5.30. The van der Waals surface area contributed by atoms with Crippen molar-refractivity contribution in [2.45, 2.75) is 19.9 Å². The Hall–Kier alpha value is -3.94. The van der Waals surface area contributed by atoms with Gasteiger partial charge in [0.2, 0.25) is 0 Å². The molecule has 1 aliphatic rings. The van der Waals surface area contributed by atoms with Gasteiger partial charge >= 0.3 is 0 Å². The number of ether oxygens (including phenoxy) is 1. The van der Waals surface area contributed by atoms with Gasteiger partial charge in [-0.05, 0) is 61.4 Å². The summed E-state index contributed by atoms with van der Waals surface area (Å²) < 4.78 is 38.8. The monoisotopic (exact) mass is 439 g/mol. The van der Waals surface area contributed by atoms with Crippen molar-refractivity contribution in [2.75, 3.05) is 12.0 Å². The van der Waals surface area contributed by atoms with Gasteiger partial charge in [0.1, 0.15) is 34.9 Å². The lowest BCUT2D eigenvalue weighted by atomic mass is 9.95. The van der Waals surface area contributed by atoms with Crippen molar-refractivity contribution in [3.63, 3.8) is 0 Å². The Morgan fingerprint density at radius 3 is 2.47 bits per heavy atom. The zero-order valence-electron chi connectivity index (χ0n) is 17.5. The number of aliphatic hydroxyl groups excluding tert-OH is 1. The fourth-order valence-electron chi connectivity index (χ4n) is 3.88. The van der Waals surface area contributed by atoms with E-state index in [-0.39, 0.29) is 17.0 Å². The summed E-state index contributed by atoms with van der Waals surface area (Å²) in [6.07, 6.45) is 1.33. The molecule has 1 aliphatic heterocycles. The molecule has 32 heavy (non-hydrogen) atoms. The third-order valence-corrected chi connectivity index (χ3v) is 5.42. The molecule has 6 nitrogen and oxygen atoms in total. The molecule has 0 saturated carbocycles. The molecule has 8 heteroatoms. The Morgan fingerprint density at radius 1 is 1.09 bits per heavy atom. The zero-order chi connectivity index (χ0) is 23.2. The second kappa shape index (κ2) is 7.96. The Morgan fingerprint density at radius 2 is 1.84 bits per heavy atom. The topological polar surface area (TPSA) is 80.0 Å². The number of amides is 1. The molecule has 0 bridgehead atoms. The maximum Gasteiger partial charge on any atom is 0.300 e. The molecule has 2 aromatic carbocycles. The predicted molar refractivity (Wildman–Crippen MR) is 112 cm³/mol. The van der Waals surface area contributed by atoms with Gasteiger partial charge in [-0.1, -0.05) is 0 Å². The highest BCUT2D eigenvalue weighted by atomic mass is 19.1. The van der Waals surface area contributed by atoms with Crippen molar-refractivity contribution in [2.24, 2.45) is 0 Å². The summed E-state index contributed by atoms with van der Waals surface area (Å²) in [5.41, 5.74) is 1.05. The fraction of sp³-hybridized carbons (Fsp3) is 0.167. The number of Topliss-reactive ketones (excluding diaryl/α,β-unsaturated/α-hetero) is 1. The van der Waals surface area contributed by atoms with Gasteiger partial charge in [-0.2, -0.15) is 0 Å². The van der Waals surface area contributed by atoms with Crippen LogP contribution in [0.25, 0.3) is 5.76 Å². The SMILES string of the molecule is COc1cc(C)c(/C(O)=C2/C(=O)C(=O)N(c3ccc(F)cc3F)C2c2ccco2)cc1C. The van der Waals surface area contributed by atoms with Crippen molar-refractivity contribution in [3.05, 3.63) is 88.4 Å². The number of nitrogens with zero attached hydrogens (tertiary/aromatic N) is 1. The van der Waals surface area contributed by atoms with Crippen LogP contribution in [0.15, 0.2) is 58.7 Å². The second-order valence-electron chi connectivity index (χ2n) is 7.42. The van der Waals surface area contributed by atoms with Crippen molar-refractivity contribution in [1.82, 2.24) is 0 Å². The largest absolute Gasteiger partial charge is 0.507 e. The summed E-state index contributed by atoms with van der Waals surface area (Å²) in [5.74, 6) is -3.64. The van der Waals surface area contributed by atoms with Crippen molar-refractivity contribution in [1.29, 1.82) is 0 Å². The number of furan rings is 1. The fourth-order valence-corrected chi connectivity index (χ4v) is 3.88. The molecule has 0 spiro atoms. The quantitative estimate of drug-likeness (QED) is 0.359. The number of halogens is 2. The van der Waals surface area contributed by atoms with Crippen LogP contribution >= 0.6 is 0 Å². The highest BCUT2D eigenvalue weighted by molar-refractivity contribution is 6.51. The minimum atomic E-state index is -1.24. The van der Waals surface area contributed by atoms with Crippen LogP contribution in [0.2, 0.25) is 0 Å². The molecular weight excluding hydrogens is 420 g/mol. The molecule has 1 aromatic heterocycles. The van der Waals surface area contributed by atoms with E-state index in [2.05, 4.69) is 0 Å². The van der Waals surface area contributed by atoms with Gasteiger partial charge < -0.3 is 14.3 Å². The molecule has 1 saturated heterocycles. The van der Waals surface area contributed by atoms with E-state index in [1.807, 2.05) is 0 Å². The Bertz CT molecular complexity index is 1260. The number of hydrogen-bond donors (Lipinski definition) is 1. The van der Waals surface area contributed by atoms with Crippen molar-refractivity contribution < 1.29 is 32.6 Å². The molecule has 1 unspecified atom stereocenters. The summed E-state index contributed by atoms with van der Waals surface area (Å²) in [4.78, 5) is 26.9. The van der Waals surface area contributed by atoms with E-state index >= 15 is 0 Å². The first-order chi connectivity index (χ1) is 15.2. The average molecular weight is 439 g/mol. The predicted octanol–water partition coefficient (Wildman–Crippen LogP) is 4.81. The molecule has 2 heterocycles. The first-order valence-corrected chi connectivity index (χ1v) is 9.69. The highest BCUT2D eigenvalue weighted by Crippen LogP contribution is 2.43. The maximum absolute atomic E-state index is 14.6. The van der Waals surface area contributed by atoms with Crippen LogP contribution in [0, 0.1) is 25.5 Å². The van der Waals surface area contributed by atoms with E-state index < -0.39 is 35.1 Å². The highest BCUT2D eigenvalue weighted by Gasteiger charge is 2.49. The zero-order valence-corrected chi connectivity index (χ0v) is 17.5. The average Bonchev–Trinajstić information content (AvgIpc) is 3.37. The van der Waals surface area contributed by atoms with Gasteiger partial charge in [0.25, 0.3) is 11.7 Å². The molecule has 0 aliphatic carbocycles. The van der Waals surface area contributed by atoms with Crippen LogP contribution in [0.4, 0.5) is 14.5 Å². The molecule has 164 valence electrons. The number of aryl methyl sites for hydroxylation is 2. The van der Waals surface area contributed by atoms with Crippen LogP contribution in [0.3, 0.4) is 0 Å². The molecule has 1 fully saturated rings. The van der Waals surface area contributed by atoms with Gasteiger partial charge in [-0.3, -0.25) is 14.5 Å². The number of carbonyl (C=O) groups is 2. The number of aliphatic hydroxyl groups is 1. The normalized spacial score (nSPS) is 17.8.